The highest BCUT2D eigenvalue weighted by molar-refractivity contribution is 5.77. The van der Waals surface area contributed by atoms with Crippen molar-refractivity contribution in [3.8, 4) is 0 Å². The summed E-state index contributed by atoms with van der Waals surface area (Å²) in [6, 6.07) is 0. The molecule has 1 unspecified atom stereocenters. The highest BCUT2D eigenvalue weighted by Gasteiger charge is 2.40. The molecule has 3 N–H and O–H groups in total. The van der Waals surface area contributed by atoms with Crippen molar-refractivity contribution in [3.63, 3.8) is 0 Å². The number of alkyl halides is 1. The number of aliphatic carboxylic acids is 1. The third kappa shape index (κ3) is 1.44. The molecule has 0 spiro atoms. The van der Waals surface area contributed by atoms with Crippen molar-refractivity contribution >= 4 is 5.97 Å². The maximum absolute atomic E-state index is 13.0. The summed E-state index contributed by atoms with van der Waals surface area (Å²) in [5.41, 5.74) is 2.69. The maximum Gasteiger partial charge on any atom is 0.343 e. The fourth-order valence-corrected chi connectivity index (χ4v) is 0.570. The number of nitrogens with two attached hydrogens (primary N) is 1. The Kier molecular flexibility index (Phi) is 2.77. The largest absolute Gasteiger partial charge is 0.479 e. The average Bonchev–Trinajstić information content (AvgIpc) is 1.85. The number of halogens is 1. The lowest BCUT2D eigenvalue weighted by Crippen LogP contribution is -2.45. The first-order chi connectivity index (χ1) is 4.45. The van der Waals surface area contributed by atoms with Crippen LogP contribution in [-0.2, 0) is 4.79 Å². The molecule has 60 valence electrons. The number of carboxylic acid groups (broad SMARTS) is 1. The molecule has 0 aliphatic heterocycles. The Morgan fingerprint density at radius 1 is 1.80 bits per heavy atom. The van der Waals surface area contributed by atoms with E-state index in [1.807, 2.05) is 0 Å². The minimum absolute atomic E-state index is 0.472. The van der Waals surface area contributed by atoms with Gasteiger partial charge in [0.1, 0.15) is 0 Å². The third-order valence-electron chi connectivity index (χ3n) is 1.57. The molecule has 0 bridgehead atoms. The molecule has 0 aromatic rings. The van der Waals surface area contributed by atoms with Gasteiger partial charge in [0.2, 0.25) is 5.67 Å². The van der Waals surface area contributed by atoms with Gasteiger partial charge in [-0.05, 0) is 5.92 Å². The van der Waals surface area contributed by atoms with Gasteiger partial charge in [-0.15, -0.1) is 0 Å². The van der Waals surface area contributed by atoms with Crippen LogP contribution in [0.3, 0.4) is 0 Å². The molecule has 0 heterocycles. The Labute approximate surface area is 59.0 Å². The van der Waals surface area contributed by atoms with Gasteiger partial charge in [0.05, 0.1) is 0 Å². The first-order valence-electron chi connectivity index (χ1n) is 3.07. The van der Waals surface area contributed by atoms with Gasteiger partial charge in [0.15, 0.2) is 0 Å². The topological polar surface area (TPSA) is 63.3 Å². The molecule has 0 aromatic heterocycles. The Hall–Kier alpha value is -0.640. The maximum atomic E-state index is 13.0. The van der Waals surface area contributed by atoms with E-state index in [2.05, 4.69) is 0 Å². The zero-order chi connectivity index (χ0) is 8.36. The SMILES string of the molecule is CC(C)C(F)(CN)C(=O)O. The lowest BCUT2D eigenvalue weighted by Gasteiger charge is -2.22. The summed E-state index contributed by atoms with van der Waals surface area (Å²) >= 11 is 0. The Morgan fingerprint density at radius 3 is 2.20 bits per heavy atom. The minimum atomic E-state index is -2.26. The van der Waals surface area contributed by atoms with Gasteiger partial charge in [-0.2, -0.15) is 0 Å². The predicted octanol–water partition coefficient (Wildman–Crippen LogP) is 0.394. The quantitative estimate of drug-likeness (QED) is 0.610. The minimum Gasteiger partial charge on any atom is -0.479 e. The smallest absolute Gasteiger partial charge is 0.343 e. The van der Waals surface area contributed by atoms with Crippen LogP contribution in [0.25, 0.3) is 0 Å². The molecule has 4 heteroatoms. The first kappa shape index (κ1) is 9.36. The number of hydrogen-bond donors (Lipinski definition) is 2. The zero-order valence-electron chi connectivity index (χ0n) is 6.10. The molecular weight excluding hydrogens is 137 g/mol. The van der Waals surface area contributed by atoms with Gasteiger partial charge in [-0.3, -0.25) is 0 Å². The van der Waals surface area contributed by atoms with Crippen LogP contribution >= 0.6 is 0 Å². The number of carbonyl (C=O) groups is 1. The standard InChI is InChI=1S/C6H12FNO2/c1-4(2)6(7,3-8)5(9)10/h4H,3,8H2,1-2H3,(H,9,10). The second kappa shape index (κ2) is 2.96. The molecule has 0 aliphatic carbocycles. The monoisotopic (exact) mass is 149 g/mol. The van der Waals surface area contributed by atoms with Crippen LogP contribution in [0.1, 0.15) is 13.8 Å². The fourth-order valence-electron chi connectivity index (χ4n) is 0.570. The predicted molar refractivity (Wildman–Crippen MR) is 35.4 cm³/mol. The van der Waals surface area contributed by atoms with Gasteiger partial charge in [-0.25, -0.2) is 9.18 Å². The lowest BCUT2D eigenvalue weighted by molar-refractivity contribution is -0.153. The average molecular weight is 149 g/mol. The van der Waals surface area contributed by atoms with E-state index in [0.717, 1.165) is 0 Å². The highest BCUT2D eigenvalue weighted by atomic mass is 19.1. The molecule has 0 rings (SSSR count). The van der Waals surface area contributed by atoms with Crippen LogP contribution in [0.5, 0.6) is 0 Å². The van der Waals surface area contributed by atoms with Crippen molar-refractivity contribution in [1.82, 2.24) is 0 Å². The van der Waals surface area contributed by atoms with E-state index in [0.29, 0.717) is 0 Å². The summed E-state index contributed by atoms with van der Waals surface area (Å²) in [6.07, 6.45) is 0. The second-order valence-electron chi connectivity index (χ2n) is 2.53. The first-order valence-corrected chi connectivity index (χ1v) is 3.07. The van der Waals surface area contributed by atoms with Gasteiger partial charge in [0.25, 0.3) is 0 Å². The van der Waals surface area contributed by atoms with Gasteiger partial charge >= 0.3 is 5.97 Å². The van der Waals surface area contributed by atoms with E-state index < -0.39 is 24.1 Å². The van der Waals surface area contributed by atoms with E-state index in [9.17, 15) is 9.18 Å². The van der Waals surface area contributed by atoms with E-state index in [-0.39, 0.29) is 0 Å². The fraction of sp³-hybridized carbons (Fsp3) is 0.833. The van der Waals surface area contributed by atoms with Crippen molar-refractivity contribution in [2.75, 3.05) is 6.54 Å². The summed E-state index contributed by atoms with van der Waals surface area (Å²) in [6.45, 7) is 2.50. The Balaban J connectivity index is 4.38. The summed E-state index contributed by atoms with van der Waals surface area (Å²) < 4.78 is 13.0. The van der Waals surface area contributed by atoms with Crippen LogP contribution in [0, 0.1) is 5.92 Å². The third-order valence-corrected chi connectivity index (χ3v) is 1.57. The Morgan fingerprint density at radius 2 is 2.20 bits per heavy atom. The lowest BCUT2D eigenvalue weighted by atomic mass is 9.93. The number of hydrogen-bond acceptors (Lipinski definition) is 2. The normalized spacial score (nSPS) is 16.9. The molecule has 3 nitrogen and oxygen atoms in total. The number of carboxylic acids is 1. The van der Waals surface area contributed by atoms with Gasteiger partial charge < -0.3 is 10.8 Å². The summed E-state index contributed by atoms with van der Waals surface area (Å²) in [5, 5.41) is 8.35. The molecule has 0 saturated carbocycles. The van der Waals surface area contributed by atoms with Crippen LogP contribution < -0.4 is 5.73 Å². The summed E-state index contributed by atoms with van der Waals surface area (Å²) in [7, 11) is 0. The van der Waals surface area contributed by atoms with E-state index in [1.165, 1.54) is 13.8 Å². The summed E-state index contributed by atoms with van der Waals surface area (Å²) in [5.74, 6) is -2.07. The molecule has 1 atom stereocenters. The number of rotatable bonds is 3. The van der Waals surface area contributed by atoms with Gasteiger partial charge in [0, 0.05) is 6.54 Å². The highest BCUT2D eigenvalue weighted by Crippen LogP contribution is 2.20. The molecule has 0 aliphatic rings. The van der Waals surface area contributed by atoms with Crippen LogP contribution in [0.2, 0.25) is 0 Å². The molecule has 0 aromatic carbocycles. The molecule has 0 saturated heterocycles. The van der Waals surface area contributed by atoms with Gasteiger partial charge in [-0.1, -0.05) is 13.8 Å². The van der Waals surface area contributed by atoms with E-state index in [1.54, 1.807) is 0 Å². The Bertz CT molecular complexity index is 138. The van der Waals surface area contributed by atoms with Crippen LogP contribution in [0.4, 0.5) is 4.39 Å². The van der Waals surface area contributed by atoms with E-state index in [4.69, 9.17) is 10.8 Å². The second-order valence-corrected chi connectivity index (χ2v) is 2.53. The van der Waals surface area contributed by atoms with Crippen molar-refractivity contribution < 1.29 is 14.3 Å². The molecule has 0 amide bonds. The van der Waals surface area contributed by atoms with Crippen molar-refractivity contribution in [1.29, 1.82) is 0 Å². The van der Waals surface area contributed by atoms with Crippen LogP contribution in [0.15, 0.2) is 0 Å². The molecule has 0 radical (unpaired) electrons. The summed E-state index contributed by atoms with van der Waals surface area (Å²) in [4.78, 5) is 10.2. The van der Waals surface area contributed by atoms with Crippen molar-refractivity contribution in [3.05, 3.63) is 0 Å². The molecular formula is C6H12FNO2. The molecule has 0 fully saturated rings. The zero-order valence-corrected chi connectivity index (χ0v) is 6.10. The van der Waals surface area contributed by atoms with E-state index >= 15 is 0 Å². The van der Waals surface area contributed by atoms with Crippen LogP contribution in [-0.4, -0.2) is 23.3 Å². The molecule has 10 heavy (non-hydrogen) atoms. The van der Waals surface area contributed by atoms with Crippen molar-refractivity contribution in [2.45, 2.75) is 19.5 Å². The van der Waals surface area contributed by atoms with Crippen molar-refractivity contribution in [2.24, 2.45) is 11.7 Å².